The Kier molecular flexibility index (Phi) is 5.36. The molecule has 2 nitrogen and oxygen atoms in total. The van der Waals surface area contributed by atoms with E-state index in [4.69, 9.17) is 0 Å². The van der Waals surface area contributed by atoms with Crippen molar-refractivity contribution in [2.75, 3.05) is 6.54 Å². The van der Waals surface area contributed by atoms with Crippen molar-refractivity contribution in [3.63, 3.8) is 0 Å². The van der Waals surface area contributed by atoms with E-state index in [0.29, 0.717) is 12.5 Å². The van der Waals surface area contributed by atoms with E-state index in [1.165, 1.54) is 11.1 Å². The van der Waals surface area contributed by atoms with Crippen LogP contribution in [0, 0.1) is 5.92 Å². The Morgan fingerprint density at radius 3 is 2.11 bits per heavy atom. The normalized spacial score (nSPS) is 13.9. The lowest BCUT2D eigenvalue weighted by atomic mass is 9.87. The summed E-state index contributed by atoms with van der Waals surface area (Å²) in [5.74, 6) is 0.306. The summed E-state index contributed by atoms with van der Waals surface area (Å²) in [6.45, 7) is 12.2. The number of aliphatic hydroxyl groups is 1. The Morgan fingerprint density at radius 2 is 1.67 bits per heavy atom. The van der Waals surface area contributed by atoms with E-state index in [9.17, 15) is 5.11 Å². The molecule has 0 saturated heterocycles. The van der Waals surface area contributed by atoms with E-state index in [1.807, 2.05) is 13.8 Å². The largest absolute Gasteiger partial charge is 0.392 e. The molecule has 18 heavy (non-hydrogen) atoms. The second kappa shape index (κ2) is 6.35. The van der Waals surface area contributed by atoms with Crippen molar-refractivity contribution < 1.29 is 5.11 Å². The first kappa shape index (κ1) is 15.2. The maximum Gasteiger partial charge on any atom is 0.0687 e. The molecule has 102 valence electrons. The van der Waals surface area contributed by atoms with Crippen LogP contribution in [0.15, 0.2) is 24.3 Å². The van der Waals surface area contributed by atoms with E-state index in [2.05, 4.69) is 50.4 Å². The van der Waals surface area contributed by atoms with E-state index >= 15 is 0 Å². The molecule has 0 heterocycles. The average Bonchev–Trinajstić information content (AvgIpc) is 2.28. The lowest BCUT2D eigenvalue weighted by Gasteiger charge is -2.19. The quantitative estimate of drug-likeness (QED) is 0.840. The summed E-state index contributed by atoms with van der Waals surface area (Å²) in [6.07, 6.45) is -0.265. The van der Waals surface area contributed by atoms with Crippen molar-refractivity contribution >= 4 is 0 Å². The van der Waals surface area contributed by atoms with Gasteiger partial charge < -0.3 is 10.4 Å². The van der Waals surface area contributed by atoms with Crippen molar-refractivity contribution in [1.82, 2.24) is 5.32 Å². The van der Waals surface area contributed by atoms with Crippen LogP contribution in [0.2, 0.25) is 0 Å². The number of rotatable bonds is 5. The number of benzene rings is 1. The molecular formula is C16H27NO. The van der Waals surface area contributed by atoms with Crippen LogP contribution in [0.1, 0.15) is 45.7 Å². The first-order valence-corrected chi connectivity index (χ1v) is 6.79. The van der Waals surface area contributed by atoms with Crippen LogP contribution in [0.5, 0.6) is 0 Å². The highest BCUT2D eigenvalue weighted by Gasteiger charge is 2.13. The van der Waals surface area contributed by atoms with Crippen LogP contribution in [-0.2, 0) is 12.0 Å². The van der Waals surface area contributed by atoms with Crippen molar-refractivity contribution in [2.45, 2.75) is 52.7 Å². The van der Waals surface area contributed by atoms with Gasteiger partial charge >= 0.3 is 0 Å². The minimum atomic E-state index is -0.265. The molecule has 2 N–H and O–H groups in total. The number of aliphatic hydroxyl groups excluding tert-OH is 1. The van der Waals surface area contributed by atoms with Gasteiger partial charge in [-0.15, -0.1) is 0 Å². The summed E-state index contributed by atoms with van der Waals surface area (Å²) in [5, 5.41) is 13.0. The minimum Gasteiger partial charge on any atom is -0.392 e. The molecule has 0 radical (unpaired) electrons. The molecule has 1 atom stereocenters. The van der Waals surface area contributed by atoms with Crippen LogP contribution >= 0.6 is 0 Å². The molecule has 1 aromatic rings. The minimum absolute atomic E-state index is 0.208. The third-order valence-corrected chi connectivity index (χ3v) is 3.27. The van der Waals surface area contributed by atoms with Gasteiger partial charge in [-0.3, -0.25) is 0 Å². The Labute approximate surface area is 111 Å². The zero-order valence-electron chi connectivity index (χ0n) is 12.3. The molecule has 0 aliphatic heterocycles. The van der Waals surface area contributed by atoms with Crippen molar-refractivity contribution in [3.8, 4) is 0 Å². The monoisotopic (exact) mass is 249 g/mol. The van der Waals surface area contributed by atoms with Crippen molar-refractivity contribution in [1.29, 1.82) is 0 Å². The third-order valence-electron chi connectivity index (χ3n) is 3.27. The molecule has 1 aromatic carbocycles. The number of nitrogens with one attached hydrogen (secondary N) is 1. The highest BCUT2D eigenvalue weighted by molar-refractivity contribution is 5.27. The predicted molar refractivity (Wildman–Crippen MR) is 77.7 cm³/mol. The Bertz CT molecular complexity index is 348. The average molecular weight is 249 g/mol. The molecule has 1 unspecified atom stereocenters. The van der Waals surface area contributed by atoms with E-state index in [0.717, 1.165) is 6.54 Å². The smallest absolute Gasteiger partial charge is 0.0687 e. The lowest BCUT2D eigenvalue weighted by molar-refractivity contribution is 0.123. The van der Waals surface area contributed by atoms with Gasteiger partial charge in [-0.25, -0.2) is 0 Å². The van der Waals surface area contributed by atoms with Gasteiger partial charge in [-0.05, 0) is 22.5 Å². The SMILES string of the molecule is CC(C)C(O)CNCc1ccc(C(C)(C)C)cc1. The Balaban J connectivity index is 2.45. The van der Waals surface area contributed by atoms with Gasteiger partial charge in [0, 0.05) is 13.1 Å². The molecule has 0 fully saturated rings. The second-order valence-corrected chi connectivity index (χ2v) is 6.39. The molecular weight excluding hydrogens is 222 g/mol. The number of hydrogen-bond acceptors (Lipinski definition) is 2. The van der Waals surface area contributed by atoms with Gasteiger partial charge in [0.05, 0.1) is 6.10 Å². The van der Waals surface area contributed by atoms with Gasteiger partial charge in [0.15, 0.2) is 0 Å². The predicted octanol–water partition coefficient (Wildman–Crippen LogP) is 3.09. The summed E-state index contributed by atoms with van der Waals surface area (Å²) in [4.78, 5) is 0. The first-order chi connectivity index (χ1) is 8.30. The van der Waals surface area contributed by atoms with E-state index in [-0.39, 0.29) is 11.5 Å². The number of hydrogen-bond donors (Lipinski definition) is 2. The van der Waals surface area contributed by atoms with E-state index in [1.54, 1.807) is 0 Å². The Hall–Kier alpha value is -0.860. The van der Waals surface area contributed by atoms with Crippen molar-refractivity contribution in [2.24, 2.45) is 5.92 Å². The zero-order valence-corrected chi connectivity index (χ0v) is 12.3. The summed E-state index contributed by atoms with van der Waals surface area (Å²) >= 11 is 0. The van der Waals surface area contributed by atoms with Crippen LogP contribution in [-0.4, -0.2) is 17.8 Å². The topological polar surface area (TPSA) is 32.3 Å². The molecule has 0 saturated carbocycles. The van der Waals surface area contributed by atoms with Crippen LogP contribution < -0.4 is 5.32 Å². The van der Waals surface area contributed by atoms with Gasteiger partial charge in [0.25, 0.3) is 0 Å². The zero-order chi connectivity index (χ0) is 13.8. The first-order valence-electron chi connectivity index (χ1n) is 6.79. The second-order valence-electron chi connectivity index (χ2n) is 6.39. The highest BCUT2D eigenvalue weighted by atomic mass is 16.3. The lowest BCUT2D eigenvalue weighted by Crippen LogP contribution is -2.30. The molecule has 0 aromatic heterocycles. The van der Waals surface area contributed by atoms with Gasteiger partial charge in [-0.1, -0.05) is 58.9 Å². The summed E-state index contributed by atoms with van der Waals surface area (Å²) < 4.78 is 0. The van der Waals surface area contributed by atoms with Crippen LogP contribution in [0.4, 0.5) is 0 Å². The van der Waals surface area contributed by atoms with Crippen LogP contribution in [0.25, 0.3) is 0 Å². The van der Waals surface area contributed by atoms with Crippen molar-refractivity contribution in [3.05, 3.63) is 35.4 Å². The summed E-state index contributed by atoms with van der Waals surface area (Å²) in [5.41, 5.74) is 2.83. The van der Waals surface area contributed by atoms with Gasteiger partial charge in [0.1, 0.15) is 0 Å². The maximum atomic E-state index is 9.69. The van der Waals surface area contributed by atoms with Gasteiger partial charge in [-0.2, -0.15) is 0 Å². The molecule has 0 spiro atoms. The third kappa shape index (κ3) is 4.79. The Morgan fingerprint density at radius 1 is 1.11 bits per heavy atom. The molecule has 0 amide bonds. The highest BCUT2D eigenvalue weighted by Crippen LogP contribution is 2.22. The fraction of sp³-hybridized carbons (Fsp3) is 0.625. The summed E-state index contributed by atoms with van der Waals surface area (Å²) in [6, 6.07) is 8.70. The maximum absolute atomic E-state index is 9.69. The summed E-state index contributed by atoms with van der Waals surface area (Å²) in [7, 11) is 0. The van der Waals surface area contributed by atoms with Gasteiger partial charge in [0.2, 0.25) is 0 Å². The van der Waals surface area contributed by atoms with Crippen LogP contribution in [0.3, 0.4) is 0 Å². The fourth-order valence-electron chi connectivity index (χ4n) is 1.72. The molecule has 0 bridgehead atoms. The standard InChI is InChI=1S/C16H27NO/c1-12(2)15(18)11-17-10-13-6-8-14(9-7-13)16(3,4)5/h6-9,12,15,17-18H,10-11H2,1-5H3. The molecule has 0 aliphatic carbocycles. The molecule has 2 heteroatoms. The van der Waals surface area contributed by atoms with E-state index < -0.39 is 0 Å². The molecule has 0 aliphatic rings. The fourth-order valence-corrected chi connectivity index (χ4v) is 1.72. The molecule has 1 rings (SSSR count).